The third kappa shape index (κ3) is 4.85. The van der Waals surface area contributed by atoms with Crippen LogP contribution in [-0.4, -0.2) is 22.5 Å². The molecule has 0 aliphatic heterocycles. The van der Waals surface area contributed by atoms with Gasteiger partial charge in [-0.3, -0.25) is 4.79 Å². The highest BCUT2D eigenvalue weighted by Gasteiger charge is 2.10. The zero-order valence-electron chi connectivity index (χ0n) is 16.3. The molecule has 3 aromatic rings. The molecule has 2 aromatic carbocycles. The first-order valence-corrected chi connectivity index (χ1v) is 9.29. The highest BCUT2D eigenvalue weighted by molar-refractivity contribution is 6.03. The number of nitrogens with one attached hydrogen (secondary N) is 2. The van der Waals surface area contributed by atoms with Crippen molar-refractivity contribution >= 4 is 23.2 Å². The Balaban J connectivity index is 1.66. The number of ether oxygens (including phenoxy) is 1. The van der Waals surface area contributed by atoms with E-state index in [0.29, 0.717) is 24.0 Å². The lowest BCUT2D eigenvalue weighted by atomic mass is 10.0. The molecule has 2 N–H and O–H groups in total. The van der Waals surface area contributed by atoms with Crippen LogP contribution in [0.2, 0.25) is 0 Å². The predicted molar refractivity (Wildman–Crippen MR) is 111 cm³/mol. The molecule has 1 heterocycles. The lowest BCUT2D eigenvalue weighted by Gasteiger charge is -2.11. The van der Waals surface area contributed by atoms with E-state index in [1.165, 1.54) is 18.0 Å². The normalized spacial score (nSPS) is 10.6. The number of benzene rings is 2. The molecule has 0 aliphatic rings. The number of carbonyl (C=O) groups is 1. The Morgan fingerprint density at radius 1 is 1.04 bits per heavy atom. The standard InChI is InChI=1S/C22H24N4O2/c1-4-28-20-8-6-5-7-19(20)26-22-23-13-17(14-24-22)21(27)25-18-11-9-16(10-12-18)15(2)3/h5-15H,4H2,1-3H3,(H,25,27)(H,23,24,26). The van der Waals surface area contributed by atoms with E-state index in [1.807, 2.05) is 55.5 Å². The number of hydrogen-bond acceptors (Lipinski definition) is 5. The Bertz CT molecular complexity index is 922. The Morgan fingerprint density at radius 2 is 1.71 bits per heavy atom. The van der Waals surface area contributed by atoms with Gasteiger partial charge in [-0.15, -0.1) is 0 Å². The van der Waals surface area contributed by atoms with E-state index >= 15 is 0 Å². The minimum absolute atomic E-state index is 0.251. The molecule has 0 spiro atoms. The van der Waals surface area contributed by atoms with Gasteiger partial charge in [0.25, 0.3) is 5.91 Å². The minimum Gasteiger partial charge on any atom is -0.492 e. The fourth-order valence-electron chi connectivity index (χ4n) is 2.64. The number of anilines is 3. The minimum atomic E-state index is -0.251. The predicted octanol–water partition coefficient (Wildman–Crippen LogP) is 4.99. The van der Waals surface area contributed by atoms with Crippen molar-refractivity contribution in [3.05, 3.63) is 72.1 Å². The lowest BCUT2D eigenvalue weighted by Crippen LogP contribution is -2.13. The smallest absolute Gasteiger partial charge is 0.258 e. The Kier molecular flexibility index (Phi) is 6.22. The van der Waals surface area contributed by atoms with Gasteiger partial charge < -0.3 is 15.4 Å². The van der Waals surface area contributed by atoms with Crippen LogP contribution in [0.15, 0.2) is 60.9 Å². The number of amides is 1. The summed E-state index contributed by atoms with van der Waals surface area (Å²) in [7, 11) is 0. The van der Waals surface area contributed by atoms with Crippen LogP contribution in [0.4, 0.5) is 17.3 Å². The number of carbonyl (C=O) groups excluding carboxylic acids is 1. The fraction of sp³-hybridized carbons (Fsp3) is 0.227. The number of para-hydroxylation sites is 2. The summed E-state index contributed by atoms with van der Waals surface area (Å²) in [4.78, 5) is 20.9. The van der Waals surface area contributed by atoms with Gasteiger partial charge >= 0.3 is 0 Å². The third-order valence-corrected chi connectivity index (χ3v) is 4.18. The second kappa shape index (κ2) is 8.99. The topological polar surface area (TPSA) is 76.1 Å². The Hall–Kier alpha value is -3.41. The molecular formula is C22H24N4O2. The largest absolute Gasteiger partial charge is 0.492 e. The molecule has 0 unspecified atom stereocenters. The number of rotatable bonds is 7. The van der Waals surface area contributed by atoms with Gasteiger partial charge in [0.05, 0.1) is 17.9 Å². The van der Waals surface area contributed by atoms with Crippen molar-refractivity contribution in [3.63, 3.8) is 0 Å². The molecule has 0 saturated heterocycles. The molecule has 0 saturated carbocycles. The van der Waals surface area contributed by atoms with Crippen molar-refractivity contribution in [2.24, 2.45) is 0 Å². The Labute approximate surface area is 165 Å². The van der Waals surface area contributed by atoms with Gasteiger partial charge in [0, 0.05) is 18.1 Å². The van der Waals surface area contributed by atoms with Crippen LogP contribution < -0.4 is 15.4 Å². The van der Waals surface area contributed by atoms with Crippen molar-refractivity contribution in [1.29, 1.82) is 0 Å². The van der Waals surface area contributed by atoms with Crippen molar-refractivity contribution in [2.75, 3.05) is 17.2 Å². The molecule has 1 aromatic heterocycles. The van der Waals surface area contributed by atoms with Gasteiger partial charge in [-0.2, -0.15) is 0 Å². The maximum absolute atomic E-state index is 12.4. The van der Waals surface area contributed by atoms with E-state index in [9.17, 15) is 4.79 Å². The van der Waals surface area contributed by atoms with Gasteiger partial charge in [0.15, 0.2) is 0 Å². The van der Waals surface area contributed by atoms with Crippen LogP contribution in [0.3, 0.4) is 0 Å². The third-order valence-electron chi connectivity index (χ3n) is 4.18. The van der Waals surface area contributed by atoms with E-state index in [0.717, 1.165) is 17.1 Å². The van der Waals surface area contributed by atoms with Gasteiger partial charge in [0.1, 0.15) is 5.75 Å². The quantitative estimate of drug-likeness (QED) is 0.607. The maximum Gasteiger partial charge on any atom is 0.258 e. The van der Waals surface area contributed by atoms with Crippen molar-refractivity contribution in [2.45, 2.75) is 26.7 Å². The van der Waals surface area contributed by atoms with Crippen LogP contribution >= 0.6 is 0 Å². The fourth-order valence-corrected chi connectivity index (χ4v) is 2.64. The van der Waals surface area contributed by atoms with E-state index in [-0.39, 0.29) is 5.91 Å². The summed E-state index contributed by atoms with van der Waals surface area (Å²) in [5.74, 6) is 1.31. The van der Waals surface area contributed by atoms with E-state index in [2.05, 4.69) is 34.4 Å². The van der Waals surface area contributed by atoms with Crippen molar-refractivity contribution in [3.8, 4) is 5.75 Å². The highest BCUT2D eigenvalue weighted by atomic mass is 16.5. The molecule has 3 rings (SSSR count). The molecular weight excluding hydrogens is 352 g/mol. The summed E-state index contributed by atoms with van der Waals surface area (Å²) in [6.45, 7) is 6.76. The number of nitrogens with zero attached hydrogens (tertiary/aromatic N) is 2. The summed E-state index contributed by atoms with van der Waals surface area (Å²) < 4.78 is 5.58. The van der Waals surface area contributed by atoms with Gasteiger partial charge in [-0.25, -0.2) is 9.97 Å². The average molecular weight is 376 g/mol. The second-order valence-corrected chi connectivity index (χ2v) is 6.58. The van der Waals surface area contributed by atoms with Crippen LogP contribution in [0.25, 0.3) is 0 Å². The highest BCUT2D eigenvalue weighted by Crippen LogP contribution is 2.26. The van der Waals surface area contributed by atoms with Crippen LogP contribution in [-0.2, 0) is 0 Å². The van der Waals surface area contributed by atoms with Gasteiger partial charge in [-0.1, -0.05) is 38.1 Å². The molecule has 6 nitrogen and oxygen atoms in total. The molecule has 28 heavy (non-hydrogen) atoms. The first-order chi connectivity index (χ1) is 13.6. The van der Waals surface area contributed by atoms with Crippen molar-refractivity contribution in [1.82, 2.24) is 9.97 Å². The monoisotopic (exact) mass is 376 g/mol. The molecule has 144 valence electrons. The zero-order chi connectivity index (χ0) is 19.9. The van der Waals surface area contributed by atoms with E-state index in [1.54, 1.807) is 0 Å². The van der Waals surface area contributed by atoms with Gasteiger partial charge in [-0.05, 0) is 42.7 Å². The number of hydrogen-bond donors (Lipinski definition) is 2. The lowest BCUT2D eigenvalue weighted by molar-refractivity contribution is 0.102. The molecule has 0 fully saturated rings. The molecule has 0 aliphatic carbocycles. The van der Waals surface area contributed by atoms with Crippen LogP contribution in [0.1, 0.15) is 42.6 Å². The summed E-state index contributed by atoms with van der Waals surface area (Å²) in [6, 6.07) is 15.4. The zero-order valence-corrected chi connectivity index (χ0v) is 16.3. The molecule has 1 amide bonds. The molecule has 0 atom stereocenters. The first-order valence-electron chi connectivity index (χ1n) is 9.29. The second-order valence-electron chi connectivity index (χ2n) is 6.58. The summed E-state index contributed by atoms with van der Waals surface area (Å²) in [5.41, 5.74) is 3.12. The molecule has 6 heteroatoms. The van der Waals surface area contributed by atoms with E-state index < -0.39 is 0 Å². The molecule has 0 radical (unpaired) electrons. The number of aromatic nitrogens is 2. The summed E-state index contributed by atoms with van der Waals surface area (Å²) >= 11 is 0. The van der Waals surface area contributed by atoms with Crippen LogP contribution in [0.5, 0.6) is 5.75 Å². The van der Waals surface area contributed by atoms with Crippen molar-refractivity contribution < 1.29 is 9.53 Å². The first kappa shape index (κ1) is 19.4. The molecule has 0 bridgehead atoms. The SMILES string of the molecule is CCOc1ccccc1Nc1ncc(C(=O)Nc2ccc(C(C)C)cc2)cn1. The summed E-state index contributed by atoms with van der Waals surface area (Å²) in [6.07, 6.45) is 2.99. The summed E-state index contributed by atoms with van der Waals surface area (Å²) in [5, 5.41) is 5.97. The van der Waals surface area contributed by atoms with Gasteiger partial charge in [0.2, 0.25) is 5.95 Å². The average Bonchev–Trinajstić information content (AvgIpc) is 2.70. The Morgan fingerprint density at radius 3 is 2.36 bits per heavy atom. The maximum atomic E-state index is 12.4. The van der Waals surface area contributed by atoms with E-state index in [4.69, 9.17) is 4.74 Å². The van der Waals surface area contributed by atoms with Crippen LogP contribution in [0, 0.1) is 0 Å².